The predicted octanol–water partition coefficient (Wildman–Crippen LogP) is 2.96. The highest BCUT2D eigenvalue weighted by Crippen LogP contribution is 2.32. The van der Waals surface area contributed by atoms with E-state index in [4.69, 9.17) is 5.73 Å². The summed E-state index contributed by atoms with van der Waals surface area (Å²) in [6.45, 7) is 3.85. The van der Waals surface area contributed by atoms with Gasteiger partial charge in [-0.05, 0) is 25.2 Å². The number of nitrogens with two attached hydrogens (primary N) is 1. The summed E-state index contributed by atoms with van der Waals surface area (Å²) in [4.78, 5) is 14.6. The van der Waals surface area contributed by atoms with E-state index in [1.54, 1.807) is 0 Å². The second-order valence-electron chi connectivity index (χ2n) is 6.20. The van der Waals surface area contributed by atoms with Gasteiger partial charge in [-0.2, -0.15) is 0 Å². The van der Waals surface area contributed by atoms with Crippen LogP contribution in [0.5, 0.6) is 0 Å². The molecule has 2 fully saturated rings. The van der Waals surface area contributed by atoms with E-state index in [-0.39, 0.29) is 24.4 Å². The SMILES string of the molecule is CCCC(CC1CCCC1)C(=O)N1CC[C@@H](N)C1.Cl. The average Bonchev–Trinajstić information content (AvgIpc) is 2.99. The lowest BCUT2D eigenvalue weighted by molar-refractivity contribution is -0.135. The molecule has 1 aliphatic heterocycles. The Morgan fingerprint density at radius 3 is 2.53 bits per heavy atom. The van der Waals surface area contributed by atoms with E-state index in [9.17, 15) is 4.79 Å². The van der Waals surface area contributed by atoms with E-state index < -0.39 is 0 Å². The topological polar surface area (TPSA) is 46.3 Å². The molecule has 2 N–H and O–H groups in total. The Balaban J connectivity index is 0.00000180. The molecule has 1 aliphatic carbocycles. The molecule has 2 atom stereocenters. The van der Waals surface area contributed by atoms with Crippen molar-refractivity contribution in [3.63, 3.8) is 0 Å². The zero-order chi connectivity index (χ0) is 13.0. The third-order valence-electron chi connectivity index (χ3n) is 4.62. The number of hydrogen-bond acceptors (Lipinski definition) is 2. The number of likely N-dealkylation sites (tertiary alicyclic amines) is 1. The molecule has 0 spiro atoms. The van der Waals surface area contributed by atoms with E-state index in [0.717, 1.165) is 44.7 Å². The smallest absolute Gasteiger partial charge is 0.225 e. The highest BCUT2D eigenvalue weighted by molar-refractivity contribution is 5.85. The molecule has 2 rings (SSSR count). The number of carbonyl (C=O) groups excluding carboxylic acids is 1. The summed E-state index contributed by atoms with van der Waals surface area (Å²) in [5, 5.41) is 0. The van der Waals surface area contributed by atoms with Crippen molar-refractivity contribution in [2.45, 2.75) is 64.3 Å². The van der Waals surface area contributed by atoms with E-state index in [1.807, 2.05) is 4.90 Å². The summed E-state index contributed by atoms with van der Waals surface area (Å²) in [6, 6.07) is 0.211. The molecule has 4 heteroatoms. The summed E-state index contributed by atoms with van der Waals surface area (Å²) in [7, 11) is 0. The molecular formula is C15H29ClN2O. The maximum Gasteiger partial charge on any atom is 0.225 e. The van der Waals surface area contributed by atoms with Gasteiger partial charge in [-0.25, -0.2) is 0 Å². The molecule has 1 unspecified atom stereocenters. The van der Waals surface area contributed by atoms with Crippen molar-refractivity contribution < 1.29 is 4.79 Å². The van der Waals surface area contributed by atoms with Crippen molar-refractivity contribution in [2.75, 3.05) is 13.1 Å². The van der Waals surface area contributed by atoms with Gasteiger partial charge in [-0.15, -0.1) is 12.4 Å². The van der Waals surface area contributed by atoms with Crippen LogP contribution in [0.2, 0.25) is 0 Å². The molecule has 2 aliphatic rings. The van der Waals surface area contributed by atoms with Crippen molar-refractivity contribution in [1.82, 2.24) is 4.90 Å². The zero-order valence-electron chi connectivity index (χ0n) is 12.1. The molecule has 0 aromatic heterocycles. The molecular weight excluding hydrogens is 260 g/mol. The van der Waals surface area contributed by atoms with Crippen LogP contribution < -0.4 is 5.73 Å². The van der Waals surface area contributed by atoms with Crippen LogP contribution in [0.4, 0.5) is 0 Å². The van der Waals surface area contributed by atoms with Gasteiger partial charge in [0.25, 0.3) is 0 Å². The number of carbonyl (C=O) groups is 1. The Bertz CT molecular complexity index is 279. The minimum atomic E-state index is 0. The molecule has 19 heavy (non-hydrogen) atoms. The Hall–Kier alpha value is -0.280. The van der Waals surface area contributed by atoms with Crippen molar-refractivity contribution in [2.24, 2.45) is 17.6 Å². The van der Waals surface area contributed by atoms with Crippen LogP contribution in [0, 0.1) is 11.8 Å². The lowest BCUT2D eigenvalue weighted by Gasteiger charge is -2.25. The Morgan fingerprint density at radius 2 is 2.00 bits per heavy atom. The number of rotatable bonds is 5. The fourth-order valence-corrected chi connectivity index (χ4v) is 3.58. The number of amides is 1. The highest BCUT2D eigenvalue weighted by Gasteiger charge is 2.31. The molecule has 3 nitrogen and oxygen atoms in total. The van der Waals surface area contributed by atoms with Gasteiger partial charge in [-0.3, -0.25) is 4.79 Å². The molecule has 1 saturated carbocycles. The first kappa shape index (κ1) is 16.8. The largest absolute Gasteiger partial charge is 0.341 e. The predicted molar refractivity (Wildman–Crippen MR) is 81.4 cm³/mol. The van der Waals surface area contributed by atoms with Gasteiger partial charge in [-0.1, -0.05) is 39.0 Å². The first-order valence-electron chi connectivity index (χ1n) is 7.75. The van der Waals surface area contributed by atoms with Gasteiger partial charge in [0.15, 0.2) is 0 Å². The first-order chi connectivity index (χ1) is 8.70. The van der Waals surface area contributed by atoms with Crippen LogP contribution in [0.1, 0.15) is 58.3 Å². The third-order valence-corrected chi connectivity index (χ3v) is 4.62. The molecule has 1 amide bonds. The van der Waals surface area contributed by atoms with E-state index >= 15 is 0 Å². The molecule has 1 heterocycles. The van der Waals surface area contributed by atoms with Crippen molar-refractivity contribution in [3.05, 3.63) is 0 Å². The summed E-state index contributed by atoms with van der Waals surface area (Å²) in [5.41, 5.74) is 5.91. The van der Waals surface area contributed by atoms with Crippen molar-refractivity contribution in [1.29, 1.82) is 0 Å². The third kappa shape index (κ3) is 4.64. The molecule has 0 radical (unpaired) electrons. The highest BCUT2D eigenvalue weighted by atomic mass is 35.5. The van der Waals surface area contributed by atoms with Gasteiger partial charge < -0.3 is 10.6 Å². The van der Waals surface area contributed by atoms with E-state index in [0.29, 0.717) is 5.91 Å². The Morgan fingerprint density at radius 1 is 1.32 bits per heavy atom. The van der Waals surface area contributed by atoms with Crippen LogP contribution >= 0.6 is 12.4 Å². The van der Waals surface area contributed by atoms with Gasteiger partial charge in [0.1, 0.15) is 0 Å². The second-order valence-corrected chi connectivity index (χ2v) is 6.20. The minimum absolute atomic E-state index is 0. The normalized spacial score (nSPS) is 25.4. The summed E-state index contributed by atoms with van der Waals surface area (Å²) in [5.74, 6) is 1.46. The van der Waals surface area contributed by atoms with Crippen LogP contribution in [-0.4, -0.2) is 29.9 Å². The minimum Gasteiger partial charge on any atom is -0.341 e. The van der Waals surface area contributed by atoms with Crippen molar-refractivity contribution in [3.8, 4) is 0 Å². The quantitative estimate of drug-likeness (QED) is 0.845. The lowest BCUT2D eigenvalue weighted by atomic mass is 9.89. The van der Waals surface area contributed by atoms with Crippen molar-refractivity contribution >= 4 is 18.3 Å². The fraction of sp³-hybridized carbons (Fsp3) is 0.933. The van der Waals surface area contributed by atoms with Crippen LogP contribution in [0.25, 0.3) is 0 Å². The van der Waals surface area contributed by atoms with Crippen LogP contribution in [0.3, 0.4) is 0 Å². The Labute approximate surface area is 123 Å². The first-order valence-corrected chi connectivity index (χ1v) is 7.75. The van der Waals surface area contributed by atoms with Gasteiger partial charge >= 0.3 is 0 Å². The lowest BCUT2D eigenvalue weighted by Crippen LogP contribution is -2.37. The average molecular weight is 289 g/mol. The maximum absolute atomic E-state index is 12.5. The molecule has 0 aromatic carbocycles. The Kier molecular flexibility index (Phi) is 7.16. The van der Waals surface area contributed by atoms with Crippen LogP contribution in [0.15, 0.2) is 0 Å². The summed E-state index contributed by atoms with van der Waals surface area (Å²) in [6.07, 6.45) is 9.69. The van der Waals surface area contributed by atoms with Gasteiger partial charge in [0, 0.05) is 25.0 Å². The van der Waals surface area contributed by atoms with Crippen LogP contribution in [-0.2, 0) is 4.79 Å². The molecule has 0 bridgehead atoms. The number of nitrogens with zero attached hydrogens (tertiary/aromatic N) is 1. The van der Waals surface area contributed by atoms with Gasteiger partial charge in [0.2, 0.25) is 5.91 Å². The maximum atomic E-state index is 12.5. The second kappa shape index (κ2) is 8.11. The zero-order valence-corrected chi connectivity index (χ0v) is 13.0. The monoisotopic (exact) mass is 288 g/mol. The summed E-state index contributed by atoms with van der Waals surface area (Å²) >= 11 is 0. The molecule has 112 valence electrons. The molecule has 1 saturated heterocycles. The van der Waals surface area contributed by atoms with E-state index in [2.05, 4.69) is 6.92 Å². The van der Waals surface area contributed by atoms with Gasteiger partial charge in [0.05, 0.1) is 0 Å². The number of hydrogen-bond donors (Lipinski definition) is 1. The fourth-order valence-electron chi connectivity index (χ4n) is 3.58. The molecule has 0 aromatic rings. The summed E-state index contributed by atoms with van der Waals surface area (Å²) < 4.78 is 0. The standard InChI is InChI=1S/C15H28N2O.ClH/c1-2-5-13(10-12-6-3-4-7-12)15(18)17-9-8-14(16)11-17;/h12-14H,2-11,16H2,1H3;1H/t13?,14-;/m1./s1. The number of halogens is 1. The van der Waals surface area contributed by atoms with E-state index in [1.165, 1.54) is 25.7 Å².